The van der Waals surface area contributed by atoms with Crippen molar-refractivity contribution in [3.63, 3.8) is 0 Å². The SMILES string of the molecule is CC(C)=C1[C@H]2CC[C@@H]1[C@@H](C(=O)Nc1ccc(N3CCOCC3)c3nonc13)[C@@H]2C(=O)O. The van der Waals surface area contributed by atoms with Crippen molar-refractivity contribution in [1.29, 1.82) is 0 Å². The topological polar surface area (TPSA) is 118 Å². The van der Waals surface area contributed by atoms with Gasteiger partial charge in [-0.3, -0.25) is 9.59 Å². The Morgan fingerprint density at radius 1 is 1.06 bits per heavy atom. The number of nitrogens with zero attached hydrogens (tertiary/aromatic N) is 3. The molecule has 2 aromatic rings. The Bertz CT molecular complexity index is 1070. The summed E-state index contributed by atoms with van der Waals surface area (Å²) in [5, 5.41) is 20.9. The summed E-state index contributed by atoms with van der Waals surface area (Å²) in [6, 6.07) is 3.69. The molecule has 1 saturated heterocycles. The molecule has 3 fully saturated rings. The van der Waals surface area contributed by atoms with E-state index in [1.54, 1.807) is 6.07 Å². The van der Waals surface area contributed by atoms with Gasteiger partial charge in [0.2, 0.25) is 5.91 Å². The minimum Gasteiger partial charge on any atom is -0.481 e. The van der Waals surface area contributed by atoms with Crippen LogP contribution in [0.25, 0.3) is 11.0 Å². The number of anilines is 2. The number of nitrogens with one attached hydrogen (secondary N) is 1. The van der Waals surface area contributed by atoms with Gasteiger partial charge in [-0.05, 0) is 61.0 Å². The summed E-state index contributed by atoms with van der Waals surface area (Å²) in [5.41, 5.74) is 4.70. The first-order valence-corrected chi connectivity index (χ1v) is 10.8. The number of benzene rings is 1. The third kappa shape index (κ3) is 3.18. The standard InChI is InChI=1S/C22H26N4O5/c1-11(2)16-12-3-4-13(16)18(22(28)29)17(12)21(27)23-14-5-6-15(20-19(14)24-31-25-20)26-7-9-30-10-8-26/h5-6,12-13,17-18H,3-4,7-10H2,1-2H3,(H,23,27)(H,28,29)/t12-,13+,17+,18+/m0/s1. The number of carbonyl (C=O) groups excluding carboxylic acids is 1. The number of morpholine rings is 1. The van der Waals surface area contributed by atoms with Gasteiger partial charge >= 0.3 is 5.97 Å². The third-order valence-electron chi connectivity index (χ3n) is 7.01. The molecule has 9 heteroatoms. The number of rotatable bonds is 4. The molecule has 1 aromatic heterocycles. The molecular weight excluding hydrogens is 400 g/mol. The molecule has 0 radical (unpaired) electrons. The molecular formula is C22H26N4O5. The van der Waals surface area contributed by atoms with Gasteiger partial charge in [-0.1, -0.05) is 11.1 Å². The smallest absolute Gasteiger partial charge is 0.307 e. The Morgan fingerprint density at radius 2 is 1.74 bits per heavy atom. The van der Waals surface area contributed by atoms with Crippen LogP contribution in [0.4, 0.5) is 11.4 Å². The molecule has 2 N–H and O–H groups in total. The fourth-order valence-electron chi connectivity index (χ4n) is 5.83. The van der Waals surface area contributed by atoms with Crippen LogP contribution in [0.15, 0.2) is 27.9 Å². The summed E-state index contributed by atoms with van der Waals surface area (Å²) in [6.45, 7) is 6.77. The maximum atomic E-state index is 13.3. The molecule has 31 heavy (non-hydrogen) atoms. The highest BCUT2D eigenvalue weighted by molar-refractivity contribution is 6.04. The number of aliphatic carboxylic acids is 1. The highest BCUT2D eigenvalue weighted by Crippen LogP contribution is 2.57. The van der Waals surface area contributed by atoms with E-state index in [1.165, 1.54) is 0 Å². The van der Waals surface area contributed by atoms with Gasteiger partial charge in [0.05, 0.1) is 36.4 Å². The average Bonchev–Trinajstić information content (AvgIpc) is 3.47. The van der Waals surface area contributed by atoms with Crippen LogP contribution < -0.4 is 10.2 Å². The lowest BCUT2D eigenvalue weighted by molar-refractivity contribution is -0.148. The lowest BCUT2D eigenvalue weighted by Gasteiger charge is -2.29. The zero-order valence-corrected chi connectivity index (χ0v) is 17.6. The molecule has 164 valence electrons. The van der Waals surface area contributed by atoms with Crippen molar-refractivity contribution >= 4 is 34.3 Å². The summed E-state index contributed by atoms with van der Waals surface area (Å²) >= 11 is 0. The second-order valence-corrected chi connectivity index (χ2v) is 8.82. The monoisotopic (exact) mass is 426 g/mol. The molecule has 4 atom stereocenters. The predicted molar refractivity (Wildman–Crippen MR) is 113 cm³/mol. The van der Waals surface area contributed by atoms with E-state index in [0.717, 1.165) is 42.8 Å². The van der Waals surface area contributed by atoms with E-state index in [2.05, 4.69) is 20.5 Å². The van der Waals surface area contributed by atoms with Gasteiger partial charge in [-0.15, -0.1) is 0 Å². The van der Waals surface area contributed by atoms with Crippen molar-refractivity contribution in [3.05, 3.63) is 23.3 Å². The number of ether oxygens (including phenoxy) is 1. The van der Waals surface area contributed by atoms with Crippen molar-refractivity contribution in [2.45, 2.75) is 26.7 Å². The first kappa shape index (κ1) is 20.0. The van der Waals surface area contributed by atoms with Crippen LogP contribution in [-0.4, -0.2) is 53.6 Å². The molecule has 1 aromatic carbocycles. The molecule has 0 unspecified atom stereocenters. The highest BCUT2D eigenvalue weighted by Gasteiger charge is 2.57. The van der Waals surface area contributed by atoms with Crippen molar-refractivity contribution in [1.82, 2.24) is 10.3 Å². The molecule has 2 saturated carbocycles. The van der Waals surface area contributed by atoms with E-state index < -0.39 is 17.8 Å². The summed E-state index contributed by atoms with van der Waals surface area (Å²) < 4.78 is 10.4. The van der Waals surface area contributed by atoms with E-state index in [0.29, 0.717) is 29.9 Å². The number of carboxylic acid groups (broad SMARTS) is 1. The second-order valence-electron chi connectivity index (χ2n) is 8.82. The van der Waals surface area contributed by atoms with E-state index in [9.17, 15) is 14.7 Å². The molecule has 1 aliphatic heterocycles. The number of carbonyl (C=O) groups is 2. The number of amides is 1. The average molecular weight is 426 g/mol. The van der Waals surface area contributed by atoms with Crippen LogP contribution in [0.2, 0.25) is 0 Å². The van der Waals surface area contributed by atoms with Crippen LogP contribution in [0.1, 0.15) is 26.7 Å². The summed E-state index contributed by atoms with van der Waals surface area (Å²) in [6.07, 6.45) is 1.68. The molecule has 2 bridgehead atoms. The predicted octanol–water partition coefficient (Wildman–Crippen LogP) is 2.69. The summed E-state index contributed by atoms with van der Waals surface area (Å²) in [4.78, 5) is 27.6. The Balaban J connectivity index is 1.45. The number of fused-ring (bicyclic) bond motifs is 3. The van der Waals surface area contributed by atoms with Gasteiger partial charge in [-0.2, -0.15) is 0 Å². The summed E-state index contributed by atoms with van der Waals surface area (Å²) in [7, 11) is 0. The zero-order chi connectivity index (χ0) is 21.7. The van der Waals surface area contributed by atoms with Crippen LogP contribution in [-0.2, 0) is 14.3 Å². The fraction of sp³-hybridized carbons (Fsp3) is 0.545. The van der Waals surface area contributed by atoms with Gasteiger partial charge in [-0.25, -0.2) is 4.63 Å². The molecule has 2 heterocycles. The van der Waals surface area contributed by atoms with Crippen molar-refractivity contribution in [3.8, 4) is 0 Å². The second kappa shape index (κ2) is 7.64. The van der Waals surface area contributed by atoms with E-state index in [4.69, 9.17) is 9.37 Å². The van der Waals surface area contributed by atoms with Gasteiger partial charge in [0.25, 0.3) is 0 Å². The van der Waals surface area contributed by atoms with Crippen LogP contribution >= 0.6 is 0 Å². The summed E-state index contributed by atoms with van der Waals surface area (Å²) in [5.74, 6) is -2.53. The maximum absolute atomic E-state index is 13.3. The van der Waals surface area contributed by atoms with Crippen molar-refractivity contribution in [2.75, 3.05) is 36.5 Å². The Morgan fingerprint density at radius 3 is 2.42 bits per heavy atom. The molecule has 3 aliphatic rings. The van der Waals surface area contributed by atoms with E-state index >= 15 is 0 Å². The van der Waals surface area contributed by atoms with Crippen molar-refractivity contribution < 1.29 is 24.1 Å². The molecule has 0 spiro atoms. The van der Waals surface area contributed by atoms with Gasteiger partial charge in [0.1, 0.15) is 0 Å². The first-order chi connectivity index (χ1) is 15.0. The number of hydrogen-bond donors (Lipinski definition) is 2. The molecule has 9 nitrogen and oxygen atoms in total. The molecule has 5 rings (SSSR count). The highest BCUT2D eigenvalue weighted by atomic mass is 16.6. The Kier molecular flexibility index (Phi) is 4.92. The van der Waals surface area contributed by atoms with Gasteiger partial charge in [0.15, 0.2) is 11.0 Å². The zero-order valence-electron chi connectivity index (χ0n) is 17.6. The normalized spacial score (nSPS) is 27.7. The number of aromatic nitrogens is 2. The largest absolute Gasteiger partial charge is 0.481 e. The quantitative estimate of drug-likeness (QED) is 0.717. The lowest BCUT2D eigenvalue weighted by atomic mass is 9.78. The van der Waals surface area contributed by atoms with Gasteiger partial charge in [0, 0.05) is 13.1 Å². The fourth-order valence-corrected chi connectivity index (χ4v) is 5.83. The van der Waals surface area contributed by atoms with Gasteiger partial charge < -0.3 is 20.1 Å². The Hall–Kier alpha value is -2.94. The van der Waals surface area contributed by atoms with Crippen molar-refractivity contribution in [2.24, 2.45) is 23.7 Å². The molecule has 2 aliphatic carbocycles. The lowest BCUT2D eigenvalue weighted by Crippen LogP contribution is -2.38. The van der Waals surface area contributed by atoms with Crippen LogP contribution in [0, 0.1) is 23.7 Å². The first-order valence-electron chi connectivity index (χ1n) is 10.8. The van der Waals surface area contributed by atoms with Crippen LogP contribution in [0.3, 0.4) is 0 Å². The minimum atomic E-state index is -0.901. The number of allylic oxidation sites excluding steroid dienone is 2. The number of hydrogen-bond acceptors (Lipinski definition) is 7. The van der Waals surface area contributed by atoms with Crippen LogP contribution in [0.5, 0.6) is 0 Å². The van der Waals surface area contributed by atoms with E-state index in [-0.39, 0.29) is 17.7 Å². The Labute approximate surface area is 179 Å². The van der Waals surface area contributed by atoms with E-state index in [1.807, 2.05) is 19.9 Å². The molecule has 1 amide bonds. The minimum absolute atomic E-state index is 0.0188. The number of carboxylic acids is 1. The third-order valence-corrected chi connectivity index (χ3v) is 7.01. The maximum Gasteiger partial charge on any atom is 0.307 e.